The maximum absolute atomic E-state index is 11.8. The van der Waals surface area contributed by atoms with E-state index in [-0.39, 0.29) is 6.42 Å². The lowest BCUT2D eigenvalue weighted by Crippen LogP contribution is -2.46. The van der Waals surface area contributed by atoms with Crippen molar-refractivity contribution in [3.05, 3.63) is 28.2 Å². The van der Waals surface area contributed by atoms with Crippen LogP contribution in [0, 0.1) is 6.92 Å². The topological polar surface area (TPSA) is 78.4 Å². The second kappa shape index (κ2) is 6.06. The molecule has 3 N–H and O–H groups in total. The lowest BCUT2D eigenvalue weighted by atomic mass is 10.0. The molecule has 19 heavy (non-hydrogen) atoms. The molecular formula is C13H17BrN2O3. The maximum Gasteiger partial charge on any atom is 0.319 e. The van der Waals surface area contributed by atoms with Crippen LogP contribution in [0.4, 0.5) is 10.5 Å². The molecule has 0 spiro atoms. The molecule has 0 aliphatic rings. The van der Waals surface area contributed by atoms with Gasteiger partial charge >= 0.3 is 12.0 Å². The van der Waals surface area contributed by atoms with Crippen LogP contribution in [-0.4, -0.2) is 22.6 Å². The molecule has 0 aliphatic heterocycles. The zero-order valence-electron chi connectivity index (χ0n) is 11.1. The molecule has 0 saturated heterocycles. The van der Waals surface area contributed by atoms with E-state index < -0.39 is 17.5 Å². The number of benzene rings is 1. The van der Waals surface area contributed by atoms with Crippen LogP contribution < -0.4 is 10.6 Å². The van der Waals surface area contributed by atoms with Crippen molar-refractivity contribution in [1.29, 1.82) is 0 Å². The summed E-state index contributed by atoms with van der Waals surface area (Å²) in [6.45, 7) is 5.26. The average molecular weight is 329 g/mol. The Morgan fingerprint density at radius 3 is 2.53 bits per heavy atom. The predicted molar refractivity (Wildman–Crippen MR) is 77.4 cm³/mol. The molecule has 0 heterocycles. The Labute approximate surface area is 120 Å². The standard InChI is InChI=1S/C13H17BrN2O3/c1-8-4-5-10(9(14)6-8)15-12(19)16-13(2,3)7-11(17)18/h4-6H,7H2,1-3H3,(H,17,18)(H2,15,16,19). The van der Waals surface area contributed by atoms with Crippen LogP contribution in [0.3, 0.4) is 0 Å². The van der Waals surface area contributed by atoms with Crippen molar-refractivity contribution in [2.45, 2.75) is 32.7 Å². The number of hydrogen-bond donors (Lipinski definition) is 3. The minimum absolute atomic E-state index is 0.143. The van der Waals surface area contributed by atoms with Gasteiger partial charge in [-0.05, 0) is 54.4 Å². The number of aryl methyl sites for hydroxylation is 1. The summed E-state index contributed by atoms with van der Waals surface area (Å²) in [5.41, 5.74) is 0.894. The molecule has 5 nitrogen and oxygen atoms in total. The van der Waals surface area contributed by atoms with Gasteiger partial charge in [0.25, 0.3) is 0 Å². The quantitative estimate of drug-likeness (QED) is 0.794. The lowest BCUT2D eigenvalue weighted by Gasteiger charge is -2.24. The van der Waals surface area contributed by atoms with Crippen molar-refractivity contribution in [1.82, 2.24) is 5.32 Å². The highest BCUT2D eigenvalue weighted by Gasteiger charge is 2.24. The first-order valence-corrected chi connectivity index (χ1v) is 6.56. The summed E-state index contributed by atoms with van der Waals surface area (Å²) in [4.78, 5) is 22.5. The number of nitrogens with one attached hydrogen (secondary N) is 2. The van der Waals surface area contributed by atoms with Crippen LogP contribution in [-0.2, 0) is 4.79 Å². The minimum Gasteiger partial charge on any atom is -0.481 e. The van der Waals surface area contributed by atoms with E-state index in [4.69, 9.17) is 5.11 Å². The smallest absolute Gasteiger partial charge is 0.319 e. The number of aliphatic carboxylic acids is 1. The van der Waals surface area contributed by atoms with E-state index >= 15 is 0 Å². The zero-order valence-corrected chi connectivity index (χ0v) is 12.7. The van der Waals surface area contributed by atoms with Crippen molar-refractivity contribution in [2.24, 2.45) is 0 Å². The normalized spacial score (nSPS) is 10.9. The van der Waals surface area contributed by atoms with E-state index in [9.17, 15) is 9.59 Å². The van der Waals surface area contributed by atoms with E-state index in [1.54, 1.807) is 19.9 Å². The van der Waals surface area contributed by atoms with Crippen molar-refractivity contribution in [3.63, 3.8) is 0 Å². The number of carboxylic acid groups (broad SMARTS) is 1. The van der Waals surface area contributed by atoms with E-state index in [1.807, 2.05) is 19.1 Å². The number of halogens is 1. The van der Waals surface area contributed by atoms with Gasteiger partial charge in [-0.3, -0.25) is 4.79 Å². The Morgan fingerprint density at radius 2 is 2.00 bits per heavy atom. The van der Waals surface area contributed by atoms with Crippen LogP contribution >= 0.6 is 15.9 Å². The Balaban J connectivity index is 2.67. The molecule has 0 aliphatic carbocycles. The molecule has 0 bridgehead atoms. The van der Waals surface area contributed by atoms with Gasteiger partial charge < -0.3 is 15.7 Å². The molecular weight excluding hydrogens is 312 g/mol. The highest BCUT2D eigenvalue weighted by atomic mass is 79.9. The molecule has 1 aromatic carbocycles. The molecule has 1 rings (SSSR count). The first kappa shape index (κ1) is 15.5. The zero-order chi connectivity index (χ0) is 14.6. The highest BCUT2D eigenvalue weighted by molar-refractivity contribution is 9.10. The number of urea groups is 1. The largest absolute Gasteiger partial charge is 0.481 e. The molecule has 104 valence electrons. The first-order valence-electron chi connectivity index (χ1n) is 5.77. The van der Waals surface area contributed by atoms with Gasteiger partial charge in [-0.1, -0.05) is 6.07 Å². The van der Waals surface area contributed by atoms with E-state index in [0.29, 0.717) is 5.69 Å². The van der Waals surface area contributed by atoms with Gasteiger partial charge in [0.1, 0.15) is 0 Å². The Bertz CT molecular complexity index is 501. The Hall–Kier alpha value is -1.56. The van der Waals surface area contributed by atoms with Crippen LogP contribution in [0.25, 0.3) is 0 Å². The second-order valence-corrected chi connectivity index (χ2v) is 5.87. The fourth-order valence-corrected chi connectivity index (χ4v) is 2.20. The van der Waals surface area contributed by atoms with Crippen molar-refractivity contribution in [2.75, 3.05) is 5.32 Å². The highest BCUT2D eigenvalue weighted by Crippen LogP contribution is 2.23. The van der Waals surface area contributed by atoms with Crippen molar-refractivity contribution < 1.29 is 14.7 Å². The monoisotopic (exact) mass is 328 g/mol. The van der Waals surface area contributed by atoms with E-state index in [1.165, 1.54) is 0 Å². The average Bonchev–Trinajstić information content (AvgIpc) is 2.19. The number of amides is 2. The van der Waals surface area contributed by atoms with Crippen molar-refractivity contribution >= 4 is 33.6 Å². The fraction of sp³-hybridized carbons (Fsp3) is 0.385. The predicted octanol–water partition coefficient (Wildman–Crippen LogP) is 3.13. The van der Waals surface area contributed by atoms with Gasteiger partial charge in [-0.15, -0.1) is 0 Å². The first-order chi connectivity index (χ1) is 8.69. The van der Waals surface area contributed by atoms with Crippen LogP contribution in [0.15, 0.2) is 22.7 Å². The Kier molecular flexibility index (Phi) is 4.94. The second-order valence-electron chi connectivity index (χ2n) is 5.02. The van der Waals surface area contributed by atoms with E-state index in [0.717, 1.165) is 10.0 Å². The summed E-state index contributed by atoms with van der Waals surface area (Å²) in [6, 6.07) is 5.11. The van der Waals surface area contributed by atoms with Gasteiger partial charge in [0.15, 0.2) is 0 Å². The SMILES string of the molecule is Cc1ccc(NC(=O)NC(C)(C)CC(=O)O)c(Br)c1. The van der Waals surface area contributed by atoms with Crippen LogP contribution in [0.2, 0.25) is 0 Å². The number of carboxylic acids is 1. The van der Waals surface area contributed by atoms with Gasteiger partial charge in [0.05, 0.1) is 12.1 Å². The summed E-state index contributed by atoms with van der Waals surface area (Å²) in [5, 5.41) is 14.1. The molecule has 0 saturated carbocycles. The van der Waals surface area contributed by atoms with E-state index in [2.05, 4.69) is 26.6 Å². The van der Waals surface area contributed by atoms with Crippen LogP contribution in [0.5, 0.6) is 0 Å². The third-order valence-corrected chi connectivity index (χ3v) is 3.07. The minimum atomic E-state index is -0.957. The molecule has 0 aromatic heterocycles. The molecule has 0 unspecified atom stereocenters. The van der Waals surface area contributed by atoms with Crippen molar-refractivity contribution in [3.8, 4) is 0 Å². The summed E-state index contributed by atoms with van der Waals surface area (Å²) >= 11 is 3.36. The summed E-state index contributed by atoms with van der Waals surface area (Å²) in [5.74, 6) is -0.957. The fourth-order valence-electron chi connectivity index (χ4n) is 1.60. The Morgan fingerprint density at radius 1 is 1.37 bits per heavy atom. The van der Waals surface area contributed by atoms with Crippen LogP contribution in [0.1, 0.15) is 25.8 Å². The van der Waals surface area contributed by atoms with Gasteiger partial charge in [-0.2, -0.15) is 0 Å². The molecule has 0 atom stereocenters. The summed E-state index contributed by atoms with van der Waals surface area (Å²) in [6.07, 6.45) is -0.143. The number of carbonyl (C=O) groups excluding carboxylic acids is 1. The molecule has 6 heteroatoms. The number of rotatable bonds is 4. The summed E-state index contributed by atoms with van der Waals surface area (Å²) in [7, 11) is 0. The molecule has 2 amide bonds. The lowest BCUT2D eigenvalue weighted by molar-refractivity contribution is -0.138. The number of anilines is 1. The third-order valence-electron chi connectivity index (χ3n) is 2.42. The van der Waals surface area contributed by atoms with Gasteiger partial charge in [0.2, 0.25) is 0 Å². The molecule has 1 aromatic rings. The number of hydrogen-bond acceptors (Lipinski definition) is 2. The maximum atomic E-state index is 11.8. The number of carbonyl (C=O) groups is 2. The third kappa shape index (κ3) is 5.30. The van der Waals surface area contributed by atoms with Gasteiger partial charge in [0, 0.05) is 10.0 Å². The summed E-state index contributed by atoms with van der Waals surface area (Å²) < 4.78 is 0.777. The molecule has 0 fully saturated rings. The van der Waals surface area contributed by atoms with Gasteiger partial charge in [-0.25, -0.2) is 4.79 Å². The molecule has 0 radical (unpaired) electrons.